The van der Waals surface area contributed by atoms with Crippen LogP contribution in [0.3, 0.4) is 0 Å². The number of rotatable bonds is 1. The number of halogens is 2. The highest BCUT2D eigenvalue weighted by molar-refractivity contribution is 9.09. The van der Waals surface area contributed by atoms with Crippen LogP contribution in [0.4, 0.5) is 4.48 Å². The van der Waals surface area contributed by atoms with Crippen LogP contribution in [0.2, 0.25) is 0 Å². The predicted octanol–water partition coefficient (Wildman–Crippen LogP) is 2.16. The van der Waals surface area contributed by atoms with E-state index in [4.69, 9.17) is 4.74 Å². The molecule has 13 heavy (non-hydrogen) atoms. The molecule has 0 aromatic rings. The van der Waals surface area contributed by atoms with E-state index < -0.39 is 0 Å². The summed E-state index contributed by atoms with van der Waals surface area (Å²) in [5.41, 5.74) is 0. The molecule has 2 aliphatic rings. The Morgan fingerprint density at radius 3 is 2.85 bits per heavy atom. The molecule has 1 saturated heterocycles. The van der Waals surface area contributed by atoms with E-state index in [1.54, 1.807) is 6.20 Å². The first-order valence-electron chi connectivity index (χ1n) is 4.42. The molecule has 2 atom stereocenters. The first kappa shape index (κ1) is 9.27. The van der Waals surface area contributed by atoms with Crippen molar-refractivity contribution in [3.05, 3.63) is 12.4 Å². The Kier molecular flexibility index (Phi) is 2.74. The zero-order valence-electron chi connectivity index (χ0n) is 7.20. The zero-order valence-corrected chi connectivity index (χ0v) is 8.78. The van der Waals surface area contributed by atoms with Gasteiger partial charge in [0.25, 0.3) is 0 Å². The van der Waals surface area contributed by atoms with E-state index in [2.05, 4.69) is 15.9 Å². The molecule has 5 heteroatoms. The Hall–Kier alpha value is -0.290. The van der Waals surface area contributed by atoms with Gasteiger partial charge in [0.1, 0.15) is 17.9 Å². The minimum atomic E-state index is 0.0233. The van der Waals surface area contributed by atoms with E-state index in [-0.39, 0.29) is 17.9 Å². The summed E-state index contributed by atoms with van der Waals surface area (Å²) < 4.78 is 18.3. The van der Waals surface area contributed by atoms with Gasteiger partial charge in [-0.2, -0.15) is 5.12 Å². The van der Waals surface area contributed by atoms with Gasteiger partial charge in [-0.15, -0.1) is 0 Å². The summed E-state index contributed by atoms with van der Waals surface area (Å²) in [6.07, 6.45) is 6.30. The van der Waals surface area contributed by atoms with Gasteiger partial charge in [0.15, 0.2) is 0 Å². The van der Waals surface area contributed by atoms with Crippen LogP contribution in [0.25, 0.3) is 0 Å². The predicted molar refractivity (Wildman–Crippen MR) is 50.2 cm³/mol. The summed E-state index contributed by atoms with van der Waals surface area (Å²) >= 11 is 3.41. The van der Waals surface area contributed by atoms with Crippen LogP contribution in [-0.4, -0.2) is 27.9 Å². The van der Waals surface area contributed by atoms with Crippen molar-refractivity contribution in [1.82, 2.24) is 10.0 Å². The maximum absolute atomic E-state index is 12.7. The molecule has 1 fully saturated rings. The van der Waals surface area contributed by atoms with Crippen molar-refractivity contribution in [2.24, 2.45) is 0 Å². The monoisotopic (exact) mass is 250 g/mol. The second-order valence-corrected chi connectivity index (χ2v) is 4.31. The maximum Gasteiger partial charge on any atom is 0.132 e. The van der Waals surface area contributed by atoms with Crippen molar-refractivity contribution < 1.29 is 9.22 Å². The molecule has 0 saturated carbocycles. The molecule has 0 aromatic heterocycles. The number of nitrogens with zero attached hydrogens (tertiary/aromatic N) is 2. The molecule has 0 amide bonds. The van der Waals surface area contributed by atoms with E-state index in [0.717, 1.165) is 19.3 Å². The van der Waals surface area contributed by atoms with E-state index in [1.165, 1.54) is 6.20 Å². The van der Waals surface area contributed by atoms with Crippen LogP contribution in [0.15, 0.2) is 12.4 Å². The summed E-state index contributed by atoms with van der Waals surface area (Å²) in [6, 6.07) is 0. The lowest BCUT2D eigenvalue weighted by atomic mass is 10.2. The van der Waals surface area contributed by atoms with E-state index in [9.17, 15) is 4.48 Å². The van der Waals surface area contributed by atoms with E-state index >= 15 is 0 Å². The topological polar surface area (TPSA) is 15.7 Å². The van der Waals surface area contributed by atoms with Gasteiger partial charge in [-0.1, -0.05) is 20.4 Å². The van der Waals surface area contributed by atoms with Gasteiger partial charge in [0.05, 0.1) is 6.20 Å². The van der Waals surface area contributed by atoms with Crippen LogP contribution >= 0.6 is 15.9 Å². The molecule has 0 spiro atoms. The number of hydrogen-bond acceptors (Lipinski definition) is 3. The van der Waals surface area contributed by atoms with Gasteiger partial charge >= 0.3 is 0 Å². The molecule has 2 unspecified atom stereocenters. The van der Waals surface area contributed by atoms with Gasteiger partial charge in [-0.05, 0) is 19.3 Å². The molecule has 0 aliphatic carbocycles. The third kappa shape index (κ3) is 2.14. The molecular weight excluding hydrogens is 239 g/mol. The van der Waals surface area contributed by atoms with Gasteiger partial charge in [-0.25, -0.2) is 0 Å². The molecule has 0 aromatic carbocycles. The van der Waals surface area contributed by atoms with Gasteiger partial charge in [0.2, 0.25) is 0 Å². The lowest BCUT2D eigenvalue weighted by Crippen LogP contribution is -2.38. The molecule has 0 bridgehead atoms. The molecule has 74 valence electrons. The van der Waals surface area contributed by atoms with Crippen molar-refractivity contribution in [3.63, 3.8) is 0 Å². The molecule has 0 radical (unpaired) electrons. The first-order valence-corrected chi connectivity index (χ1v) is 5.33. The third-order valence-corrected chi connectivity index (χ3v) is 2.95. The summed E-state index contributed by atoms with van der Waals surface area (Å²) in [6.45, 7) is 0.282. The highest BCUT2D eigenvalue weighted by atomic mass is 79.9. The fraction of sp³-hybridized carbons (Fsp3) is 0.750. The third-order valence-electron chi connectivity index (χ3n) is 2.28. The lowest BCUT2D eigenvalue weighted by molar-refractivity contribution is -0.0949. The van der Waals surface area contributed by atoms with Crippen molar-refractivity contribution >= 4 is 15.9 Å². The lowest BCUT2D eigenvalue weighted by Gasteiger charge is -2.33. The van der Waals surface area contributed by atoms with Gasteiger partial charge in [-0.3, -0.25) is 0 Å². The minimum Gasteiger partial charge on any atom is -0.344 e. The highest BCUT2D eigenvalue weighted by Crippen LogP contribution is 2.26. The van der Waals surface area contributed by atoms with E-state index in [0.29, 0.717) is 5.12 Å². The van der Waals surface area contributed by atoms with Crippen LogP contribution in [0.1, 0.15) is 19.3 Å². The second kappa shape index (κ2) is 3.84. The van der Waals surface area contributed by atoms with Crippen LogP contribution in [0, 0.1) is 0 Å². The first-order chi connectivity index (χ1) is 6.25. The molecule has 0 N–H and O–H groups in total. The van der Waals surface area contributed by atoms with Crippen molar-refractivity contribution in [2.75, 3.05) is 6.67 Å². The second-order valence-electron chi connectivity index (χ2n) is 3.29. The average molecular weight is 251 g/mol. The van der Waals surface area contributed by atoms with Crippen LogP contribution in [0.5, 0.6) is 0 Å². The standard InChI is InChI=1S/C8H12BrFN2O/c9-7-2-1-3-8(13-7)11-4-5-12(10)6-11/h4-5,7-8H,1-3,6H2. The minimum absolute atomic E-state index is 0.0233. The van der Waals surface area contributed by atoms with Gasteiger partial charge < -0.3 is 9.64 Å². The molecule has 2 aliphatic heterocycles. The Balaban J connectivity index is 1.90. The van der Waals surface area contributed by atoms with E-state index in [1.807, 2.05) is 4.90 Å². The molecular formula is C8H12BrFN2O. The SMILES string of the molecule is FN1C=CN(C2CCCC(Br)O2)C1. The molecule has 3 nitrogen and oxygen atoms in total. The average Bonchev–Trinajstić information content (AvgIpc) is 2.52. The fourth-order valence-corrected chi connectivity index (χ4v) is 2.17. The maximum atomic E-state index is 12.7. The summed E-state index contributed by atoms with van der Waals surface area (Å²) in [7, 11) is 0. The largest absolute Gasteiger partial charge is 0.344 e. The Bertz CT molecular complexity index is 214. The molecule has 2 rings (SSSR count). The Labute approximate surface area is 85.2 Å². The van der Waals surface area contributed by atoms with Crippen LogP contribution < -0.4 is 0 Å². The molecule has 2 heterocycles. The highest BCUT2D eigenvalue weighted by Gasteiger charge is 2.27. The normalized spacial score (nSPS) is 34.3. The summed E-state index contributed by atoms with van der Waals surface area (Å²) in [5.74, 6) is 0. The zero-order chi connectivity index (χ0) is 9.26. The van der Waals surface area contributed by atoms with Crippen molar-refractivity contribution in [1.29, 1.82) is 0 Å². The fourth-order valence-electron chi connectivity index (χ4n) is 1.60. The smallest absolute Gasteiger partial charge is 0.132 e. The Morgan fingerprint density at radius 1 is 1.38 bits per heavy atom. The van der Waals surface area contributed by atoms with Crippen LogP contribution in [-0.2, 0) is 4.74 Å². The number of alkyl halides is 1. The van der Waals surface area contributed by atoms with Crippen molar-refractivity contribution in [3.8, 4) is 0 Å². The number of ether oxygens (including phenoxy) is 1. The van der Waals surface area contributed by atoms with Crippen molar-refractivity contribution in [2.45, 2.75) is 30.5 Å². The van der Waals surface area contributed by atoms with Gasteiger partial charge in [0, 0.05) is 6.20 Å². The quantitative estimate of drug-likeness (QED) is 0.524. The summed E-state index contributed by atoms with van der Waals surface area (Å²) in [4.78, 5) is 1.87. The number of hydrogen-bond donors (Lipinski definition) is 0. The summed E-state index contributed by atoms with van der Waals surface area (Å²) in [5, 5.41) is 0.773. The Morgan fingerprint density at radius 2 is 2.23 bits per heavy atom.